The molecule has 0 aromatic heterocycles. The van der Waals surface area contributed by atoms with Crippen molar-refractivity contribution in [2.75, 3.05) is 0 Å². The number of hydrazine groups is 1. The highest BCUT2D eigenvalue weighted by atomic mass is 19.3. The highest BCUT2D eigenvalue weighted by molar-refractivity contribution is 5.31. The fourth-order valence-corrected chi connectivity index (χ4v) is 2.35. The first kappa shape index (κ1) is 11.6. The third-order valence-corrected chi connectivity index (χ3v) is 3.43. The topological polar surface area (TPSA) is 29.3 Å². The van der Waals surface area contributed by atoms with Gasteiger partial charge in [-0.1, -0.05) is 32.4 Å². The summed E-state index contributed by atoms with van der Waals surface area (Å²) >= 11 is 0. The quantitative estimate of drug-likeness (QED) is 0.510. The number of rotatable bonds is 0. The predicted molar refractivity (Wildman–Crippen MR) is 59.3 cm³/mol. The fourth-order valence-electron chi connectivity index (χ4n) is 2.35. The van der Waals surface area contributed by atoms with Gasteiger partial charge in [0.2, 0.25) is 0 Å². The summed E-state index contributed by atoms with van der Waals surface area (Å²) in [5, 5.41) is 0.633. The maximum atomic E-state index is 13.4. The van der Waals surface area contributed by atoms with Gasteiger partial charge in [-0.15, -0.1) is 0 Å². The van der Waals surface area contributed by atoms with E-state index in [4.69, 9.17) is 5.84 Å². The Morgan fingerprint density at radius 2 is 2.00 bits per heavy atom. The van der Waals surface area contributed by atoms with Gasteiger partial charge >= 0.3 is 6.05 Å². The molecule has 0 radical (unpaired) electrons. The normalized spacial score (nSPS) is 28.6. The molecule has 2 rings (SSSR count). The Morgan fingerprint density at radius 1 is 1.38 bits per heavy atom. The number of allylic oxidation sites excluding steroid dienone is 4. The Morgan fingerprint density at radius 3 is 2.56 bits per heavy atom. The zero-order valence-electron chi connectivity index (χ0n) is 9.93. The largest absolute Gasteiger partial charge is 0.338 e. The molecular formula is C12H18F2N2. The molecule has 1 unspecified atom stereocenters. The molecule has 0 spiro atoms. The standard InChI is InChI=1S/C12H18F2N2/c1-11(2,3)9-4-5-10-8(6-9)7-12(13,14)16(10)15/h4-5,8H,6-7,15H2,1-3H3. The Hall–Kier alpha value is -0.900. The molecule has 1 fully saturated rings. The van der Waals surface area contributed by atoms with Crippen molar-refractivity contribution < 1.29 is 8.78 Å². The molecule has 2 nitrogen and oxygen atoms in total. The van der Waals surface area contributed by atoms with Gasteiger partial charge in [-0.2, -0.15) is 8.78 Å². The highest BCUT2D eigenvalue weighted by Gasteiger charge is 2.49. The van der Waals surface area contributed by atoms with Gasteiger partial charge in [-0.25, -0.2) is 5.84 Å². The first-order valence-corrected chi connectivity index (χ1v) is 5.56. The minimum absolute atomic E-state index is 0.0410. The third-order valence-electron chi connectivity index (χ3n) is 3.43. The second-order valence-corrected chi connectivity index (χ2v) is 5.67. The van der Waals surface area contributed by atoms with Crippen LogP contribution in [0, 0.1) is 11.3 Å². The average Bonchev–Trinajstić information content (AvgIpc) is 2.36. The summed E-state index contributed by atoms with van der Waals surface area (Å²) in [5.74, 6) is 5.28. The van der Waals surface area contributed by atoms with E-state index >= 15 is 0 Å². The van der Waals surface area contributed by atoms with Crippen LogP contribution in [0.4, 0.5) is 8.78 Å². The van der Waals surface area contributed by atoms with Crippen molar-refractivity contribution in [2.24, 2.45) is 17.2 Å². The predicted octanol–water partition coefficient (Wildman–Crippen LogP) is 3.03. The first-order valence-electron chi connectivity index (χ1n) is 5.56. The summed E-state index contributed by atoms with van der Waals surface area (Å²) in [7, 11) is 0. The number of nitrogens with zero attached hydrogens (tertiary/aromatic N) is 1. The van der Waals surface area contributed by atoms with E-state index in [1.807, 2.05) is 6.08 Å². The molecule has 0 aromatic rings. The summed E-state index contributed by atoms with van der Waals surface area (Å²) in [6.07, 6.45) is 4.21. The summed E-state index contributed by atoms with van der Waals surface area (Å²) in [4.78, 5) is 0. The van der Waals surface area contributed by atoms with Crippen molar-refractivity contribution >= 4 is 0 Å². The van der Waals surface area contributed by atoms with E-state index in [2.05, 4.69) is 20.8 Å². The smallest absolute Gasteiger partial charge is 0.253 e. The monoisotopic (exact) mass is 228 g/mol. The molecule has 1 aliphatic carbocycles. The minimum Gasteiger partial charge on any atom is -0.253 e. The van der Waals surface area contributed by atoms with Crippen LogP contribution in [0.15, 0.2) is 23.4 Å². The molecule has 0 amide bonds. The molecule has 0 saturated carbocycles. The second kappa shape index (κ2) is 3.29. The van der Waals surface area contributed by atoms with Gasteiger partial charge in [0.05, 0.1) is 0 Å². The van der Waals surface area contributed by atoms with Gasteiger partial charge in [-0.05, 0) is 17.9 Å². The average molecular weight is 228 g/mol. The van der Waals surface area contributed by atoms with Crippen molar-refractivity contribution in [3.8, 4) is 0 Å². The van der Waals surface area contributed by atoms with E-state index in [1.54, 1.807) is 6.08 Å². The highest BCUT2D eigenvalue weighted by Crippen LogP contribution is 2.47. The van der Waals surface area contributed by atoms with E-state index in [-0.39, 0.29) is 17.8 Å². The van der Waals surface area contributed by atoms with Crippen LogP contribution in [0.25, 0.3) is 0 Å². The third kappa shape index (κ3) is 1.75. The molecule has 4 heteroatoms. The second-order valence-electron chi connectivity index (χ2n) is 5.67. The van der Waals surface area contributed by atoms with E-state index in [9.17, 15) is 8.78 Å². The lowest BCUT2D eigenvalue weighted by Gasteiger charge is -2.29. The molecule has 2 aliphatic rings. The van der Waals surface area contributed by atoms with Crippen LogP contribution in [-0.2, 0) is 0 Å². The summed E-state index contributed by atoms with van der Waals surface area (Å²) in [5.41, 5.74) is 1.82. The van der Waals surface area contributed by atoms with Gasteiger partial charge in [0, 0.05) is 18.0 Å². The van der Waals surface area contributed by atoms with Crippen molar-refractivity contribution in [1.29, 1.82) is 0 Å². The van der Waals surface area contributed by atoms with Crippen molar-refractivity contribution in [3.05, 3.63) is 23.4 Å². The van der Waals surface area contributed by atoms with Gasteiger partial charge < -0.3 is 0 Å². The van der Waals surface area contributed by atoms with Gasteiger partial charge in [-0.3, -0.25) is 5.01 Å². The number of alkyl halides is 2. The first-order chi connectivity index (χ1) is 7.22. The maximum absolute atomic E-state index is 13.4. The zero-order chi connectivity index (χ0) is 12.1. The number of halogens is 2. The molecule has 16 heavy (non-hydrogen) atoms. The molecule has 1 aliphatic heterocycles. The van der Waals surface area contributed by atoms with E-state index in [0.29, 0.717) is 17.1 Å². The molecule has 1 atom stereocenters. The fraction of sp³-hybridized carbons (Fsp3) is 0.667. The molecule has 0 aromatic carbocycles. The Balaban J connectivity index is 2.27. The number of nitrogens with two attached hydrogens (primary N) is 1. The number of hydrogen-bond acceptors (Lipinski definition) is 2. The van der Waals surface area contributed by atoms with Crippen LogP contribution in [0.2, 0.25) is 0 Å². The Labute approximate surface area is 94.8 Å². The van der Waals surface area contributed by atoms with Crippen LogP contribution < -0.4 is 5.84 Å². The number of hydrogen-bond donors (Lipinski definition) is 1. The van der Waals surface area contributed by atoms with Crippen molar-refractivity contribution in [2.45, 2.75) is 39.7 Å². The van der Waals surface area contributed by atoms with E-state index in [0.717, 1.165) is 0 Å². The van der Waals surface area contributed by atoms with E-state index in [1.165, 1.54) is 5.57 Å². The maximum Gasteiger partial charge on any atom is 0.338 e. The minimum atomic E-state index is -2.89. The van der Waals surface area contributed by atoms with Crippen LogP contribution in [0.5, 0.6) is 0 Å². The summed E-state index contributed by atoms with van der Waals surface area (Å²) in [6, 6.07) is -2.89. The van der Waals surface area contributed by atoms with Crippen LogP contribution in [-0.4, -0.2) is 11.1 Å². The molecule has 2 N–H and O–H groups in total. The van der Waals surface area contributed by atoms with Crippen LogP contribution >= 0.6 is 0 Å². The lowest BCUT2D eigenvalue weighted by atomic mass is 9.77. The Kier molecular flexibility index (Phi) is 2.38. The number of fused-ring (bicyclic) bond motifs is 1. The molecule has 1 saturated heterocycles. The van der Waals surface area contributed by atoms with Gasteiger partial charge in [0.15, 0.2) is 0 Å². The van der Waals surface area contributed by atoms with Crippen molar-refractivity contribution in [1.82, 2.24) is 5.01 Å². The molecular weight excluding hydrogens is 210 g/mol. The van der Waals surface area contributed by atoms with Gasteiger partial charge in [0.1, 0.15) is 0 Å². The van der Waals surface area contributed by atoms with Crippen molar-refractivity contribution in [3.63, 3.8) is 0 Å². The van der Waals surface area contributed by atoms with E-state index < -0.39 is 6.05 Å². The molecule has 1 heterocycles. The van der Waals surface area contributed by atoms with Crippen LogP contribution in [0.3, 0.4) is 0 Å². The lowest BCUT2D eigenvalue weighted by molar-refractivity contribution is -0.111. The van der Waals surface area contributed by atoms with Crippen LogP contribution in [0.1, 0.15) is 33.6 Å². The SMILES string of the molecule is CC(C)(C)C1=CC=C2C(C1)CC(F)(F)N2N. The Bertz CT molecular complexity index is 364. The lowest BCUT2D eigenvalue weighted by Crippen LogP contribution is -2.40. The zero-order valence-corrected chi connectivity index (χ0v) is 9.93. The summed E-state index contributed by atoms with van der Waals surface area (Å²) < 4.78 is 26.8. The molecule has 90 valence electrons. The molecule has 0 bridgehead atoms. The summed E-state index contributed by atoms with van der Waals surface area (Å²) in [6.45, 7) is 6.31. The van der Waals surface area contributed by atoms with Gasteiger partial charge in [0.25, 0.3) is 0 Å².